The Bertz CT molecular complexity index is 896. The Kier molecular flexibility index (Phi) is 13.3. The average molecular weight is 565 g/mol. The Hall–Kier alpha value is -1.61. The standard InChI is InChI=1S/C38H60O3/c1-5-6-7-8-29-9-13-32(14-10-29)34-17-21-36(22-18-34)37-23-19-35(20-24-37)33-15-11-30(12-16-33)25-31(26-40-4)27-41-38(39)28(2)3/h17-18,21-22,29-33,35,37H,2,5-16,19-20,23-27H2,1,3-4H3. The number of methoxy groups -OCH3 is 1. The van der Waals surface area contributed by atoms with E-state index >= 15 is 0 Å². The molecule has 3 nitrogen and oxygen atoms in total. The molecule has 0 N–H and O–H groups in total. The second kappa shape index (κ2) is 16.9. The van der Waals surface area contributed by atoms with Gasteiger partial charge in [-0.3, -0.25) is 0 Å². The van der Waals surface area contributed by atoms with Crippen LogP contribution in [0.3, 0.4) is 0 Å². The molecule has 0 saturated heterocycles. The summed E-state index contributed by atoms with van der Waals surface area (Å²) in [5, 5.41) is 0. The fourth-order valence-electron chi connectivity index (χ4n) is 8.54. The van der Waals surface area contributed by atoms with E-state index in [9.17, 15) is 4.79 Å². The quantitative estimate of drug-likeness (QED) is 0.128. The predicted molar refractivity (Wildman–Crippen MR) is 171 cm³/mol. The minimum Gasteiger partial charge on any atom is -0.462 e. The minimum absolute atomic E-state index is 0.281. The van der Waals surface area contributed by atoms with E-state index in [1.165, 1.54) is 103 Å². The van der Waals surface area contributed by atoms with E-state index in [2.05, 4.69) is 37.8 Å². The van der Waals surface area contributed by atoms with Gasteiger partial charge >= 0.3 is 5.97 Å². The van der Waals surface area contributed by atoms with E-state index < -0.39 is 0 Å². The molecular weight excluding hydrogens is 504 g/mol. The maximum atomic E-state index is 11.8. The van der Waals surface area contributed by atoms with Gasteiger partial charge in [0, 0.05) is 18.6 Å². The van der Waals surface area contributed by atoms with Crippen LogP contribution in [0.25, 0.3) is 0 Å². The molecule has 0 heterocycles. The molecule has 4 rings (SSSR count). The van der Waals surface area contributed by atoms with Crippen LogP contribution in [0.5, 0.6) is 0 Å². The third kappa shape index (κ3) is 9.97. The Morgan fingerprint density at radius 3 is 1.80 bits per heavy atom. The fourth-order valence-corrected chi connectivity index (χ4v) is 8.54. The number of unbranched alkanes of at least 4 members (excludes halogenated alkanes) is 2. The Morgan fingerprint density at radius 2 is 1.29 bits per heavy atom. The topological polar surface area (TPSA) is 35.5 Å². The molecule has 230 valence electrons. The van der Waals surface area contributed by atoms with Crippen molar-refractivity contribution in [1.29, 1.82) is 0 Å². The van der Waals surface area contributed by atoms with Crippen LogP contribution in [0.2, 0.25) is 0 Å². The summed E-state index contributed by atoms with van der Waals surface area (Å²) < 4.78 is 10.9. The number of esters is 1. The predicted octanol–water partition coefficient (Wildman–Crippen LogP) is 10.4. The number of rotatable bonds is 14. The minimum atomic E-state index is -0.281. The molecule has 0 bridgehead atoms. The molecule has 3 fully saturated rings. The molecule has 1 atom stereocenters. The van der Waals surface area contributed by atoms with Gasteiger partial charge in [0.2, 0.25) is 0 Å². The number of ether oxygens (including phenoxy) is 2. The molecule has 0 aromatic heterocycles. The van der Waals surface area contributed by atoms with E-state index in [1.54, 1.807) is 25.2 Å². The van der Waals surface area contributed by atoms with Crippen LogP contribution >= 0.6 is 0 Å². The first-order chi connectivity index (χ1) is 20.0. The molecule has 1 unspecified atom stereocenters. The van der Waals surface area contributed by atoms with Gasteiger partial charge in [-0.25, -0.2) is 4.79 Å². The molecule has 0 radical (unpaired) electrons. The summed E-state index contributed by atoms with van der Waals surface area (Å²) >= 11 is 0. The van der Waals surface area contributed by atoms with Gasteiger partial charge in [0.05, 0.1) is 13.2 Å². The molecule has 3 saturated carbocycles. The molecule has 3 aliphatic rings. The van der Waals surface area contributed by atoms with Crippen LogP contribution in [0.15, 0.2) is 36.4 Å². The lowest BCUT2D eigenvalue weighted by molar-refractivity contribution is -0.141. The van der Waals surface area contributed by atoms with Gasteiger partial charge in [-0.15, -0.1) is 0 Å². The van der Waals surface area contributed by atoms with Crippen molar-refractivity contribution < 1.29 is 14.3 Å². The lowest BCUT2D eigenvalue weighted by Gasteiger charge is -2.38. The Morgan fingerprint density at radius 1 is 0.780 bits per heavy atom. The third-order valence-electron chi connectivity index (χ3n) is 11.1. The van der Waals surface area contributed by atoms with E-state index in [0.29, 0.717) is 18.8 Å². The van der Waals surface area contributed by atoms with Crippen LogP contribution in [0, 0.1) is 29.6 Å². The van der Waals surface area contributed by atoms with Crippen molar-refractivity contribution in [2.45, 2.75) is 135 Å². The molecule has 3 heteroatoms. The van der Waals surface area contributed by atoms with Crippen molar-refractivity contribution in [3.63, 3.8) is 0 Å². The van der Waals surface area contributed by atoms with Crippen LogP contribution in [0.1, 0.15) is 146 Å². The molecule has 0 aliphatic heterocycles. The van der Waals surface area contributed by atoms with E-state index in [-0.39, 0.29) is 11.9 Å². The summed E-state index contributed by atoms with van der Waals surface area (Å²) in [5.41, 5.74) is 3.67. The summed E-state index contributed by atoms with van der Waals surface area (Å²) in [4.78, 5) is 11.8. The average Bonchev–Trinajstić information content (AvgIpc) is 3.01. The summed E-state index contributed by atoms with van der Waals surface area (Å²) in [7, 11) is 1.75. The van der Waals surface area contributed by atoms with E-state index in [0.717, 1.165) is 41.9 Å². The molecule has 0 spiro atoms. The van der Waals surface area contributed by atoms with Crippen molar-refractivity contribution in [1.82, 2.24) is 0 Å². The molecule has 41 heavy (non-hydrogen) atoms. The largest absolute Gasteiger partial charge is 0.462 e. The highest BCUT2D eigenvalue weighted by molar-refractivity contribution is 5.86. The summed E-state index contributed by atoms with van der Waals surface area (Å²) in [6, 6.07) is 9.95. The lowest BCUT2D eigenvalue weighted by Crippen LogP contribution is -2.27. The summed E-state index contributed by atoms with van der Waals surface area (Å²) in [6.45, 7) is 8.83. The zero-order chi connectivity index (χ0) is 29.0. The first-order valence-electron chi connectivity index (χ1n) is 17.4. The highest BCUT2D eigenvalue weighted by atomic mass is 16.5. The monoisotopic (exact) mass is 564 g/mol. The van der Waals surface area contributed by atoms with Crippen LogP contribution < -0.4 is 0 Å². The third-order valence-corrected chi connectivity index (χ3v) is 11.1. The fraction of sp³-hybridized carbons (Fsp3) is 0.763. The lowest BCUT2D eigenvalue weighted by atomic mass is 9.67. The normalized spacial score (nSPS) is 29.5. The second-order valence-electron chi connectivity index (χ2n) is 14.2. The first kappa shape index (κ1) is 32.3. The number of hydrogen-bond donors (Lipinski definition) is 0. The van der Waals surface area contributed by atoms with E-state index in [4.69, 9.17) is 9.47 Å². The van der Waals surface area contributed by atoms with Crippen molar-refractivity contribution in [3.8, 4) is 0 Å². The smallest absolute Gasteiger partial charge is 0.333 e. The van der Waals surface area contributed by atoms with Gasteiger partial charge in [0.1, 0.15) is 0 Å². The zero-order valence-electron chi connectivity index (χ0n) is 26.7. The van der Waals surface area contributed by atoms with Gasteiger partial charge in [-0.1, -0.05) is 76.3 Å². The van der Waals surface area contributed by atoms with Gasteiger partial charge in [-0.2, -0.15) is 0 Å². The summed E-state index contributed by atoms with van der Waals surface area (Å²) in [6.07, 6.45) is 23.4. The van der Waals surface area contributed by atoms with Gasteiger partial charge in [0.25, 0.3) is 0 Å². The second-order valence-corrected chi connectivity index (χ2v) is 14.2. The van der Waals surface area contributed by atoms with Crippen LogP contribution in [-0.2, 0) is 14.3 Å². The zero-order valence-corrected chi connectivity index (χ0v) is 26.7. The SMILES string of the molecule is C=C(C)C(=O)OCC(COC)CC1CCC(C2CCC(c3ccc(C4CCC(CCCCC)CC4)cc3)CC2)CC1. The van der Waals surface area contributed by atoms with Gasteiger partial charge in [-0.05, 0) is 124 Å². The summed E-state index contributed by atoms with van der Waals surface area (Å²) in [5.74, 6) is 5.14. The molecule has 3 aliphatic carbocycles. The molecule has 1 aromatic rings. The van der Waals surface area contributed by atoms with Crippen LogP contribution in [0.4, 0.5) is 0 Å². The Balaban J connectivity index is 1.15. The number of carbonyl (C=O) groups is 1. The highest BCUT2D eigenvalue weighted by Gasteiger charge is 2.32. The maximum Gasteiger partial charge on any atom is 0.333 e. The number of carbonyl (C=O) groups excluding carboxylic acids is 1. The van der Waals surface area contributed by atoms with Gasteiger partial charge < -0.3 is 9.47 Å². The van der Waals surface area contributed by atoms with Crippen molar-refractivity contribution in [3.05, 3.63) is 47.5 Å². The van der Waals surface area contributed by atoms with Crippen molar-refractivity contribution in [2.75, 3.05) is 20.3 Å². The number of benzene rings is 1. The first-order valence-corrected chi connectivity index (χ1v) is 17.4. The van der Waals surface area contributed by atoms with Crippen LogP contribution in [-0.4, -0.2) is 26.3 Å². The maximum absolute atomic E-state index is 11.8. The van der Waals surface area contributed by atoms with Crippen molar-refractivity contribution in [2.24, 2.45) is 29.6 Å². The highest BCUT2D eigenvalue weighted by Crippen LogP contribution is 2.45. The van der Waals surface area contributed by atoms with E-state index in [1.807, 2.05) is 0 Å². The molecule has 0 amide bonds. The van der Waals surface area contributed by atoms with Crippen molar-refractivity contribution >= 4 is 5.97 Å². The number of hydrogen-bond acceptors (Lipinski definition) is 3. The van der Waals surface area contributed by atoms with Gasteiger partial charge in [0.15, 0.2) is 0 Å². The molecule has 1 aromatic carbocycles. The molecular formula is C38H60O3. The Labute approximate surface area is 252 Å².